The van der Waals surface area contributed by atoms with Gasteiger partial charge in [-0.2, -0.15) is 0 Å². The van der Waals surface area contributed by atoms with Gasteiger partial charge in [-0.1, -0.05) is 63.2 Å². The summed E-state index contributed by atoms with van der Waals surface area (Å²) in [5.74, 6) is 0.188. The Morgan fingerprint density at radius 3 is 2.14 bits per heavy atom. The van der Waals surface area contributed by atoms with Gasteiger partial charge in [-0.15, -0.1) is 0 Å². The van der Waals surface area contributed by atoms with E-state index in [1.54, 1.807) is 6.08 Å². The van der Waals surface area contributed by atoms with Crippen molar-refractivity contribution in [3.8, 4) is 5.75 Å². The highest BCUT2D eigenvalue weighted by atomic mass is 16.5. The molecule has 0 heterocycles. The molecule has 2 rings (SSSR count). The molecule has 0 amide bonds. The number of benzene rings is 2. The van der Waals surface area contributed by atoms with Crippen molar-refractivity contribution in [2.75, 3.05) is 0 Å². The fraction of sp³-hybridized carbons (Fsp3) is 0.211. The fourth-order valence-electron chi connectivity index (χ4n) is 1.90. The maximum Gasteiger partial charge on any atom is 0.336 e. The third-order valence-electron chi connectivity index (χ3n) is 3.15. The number of hydrogen-bond donors (Lipinski definition) is 0. The van der Waals surface area contributed by atoms with Crippen molar-refractivity contribution in [3.05, 3.63) is 71.8 Å². The van der Waals surface area contributed by atoms with Crippen LogP contribution in [0.15, 0.2) is 60.7 Å². The maximum absolute atomic E-state index is 11.8. The number of hydrogen-bond acceptors (Lipinski definition) is 2. The van der Waals surface area contributed by atoms with E-state index in [1.807, 2.05) is 54.6 Å². The molecule has 0 aliphatic rings. The molecule has 2 heteroatoms. The van der Waals surface area contributed by atoms with Crippen LogP contribution in [0, 0.1) is 0 Å². The molecule has 0 aliphatic carbocycles. The summed E-state index contributed by atoms with van der Waals surface area (Å²) in [4.78, 5) is 11.8. The Labute approximate surface area is 126 Å². The van der Waals surface area contributed by atoms with E-state index in [-0.39, 0.29) is 11.4 Å². The van der Waals surface area contributed by atoms with Crippen molar-refractivity contribution in [2.45, 2.75) is 26.2 Å². The summed E-state index contributed by atoms with van der Waals surface area (Å²) in [5, 5.41) is 0. The summed E-state index contributed by atoms with van der Waals surface area (Å²) in [7, 11) is 0. The molecule has 0 atom stereocenters. The molecule has 0 bridgehead atoms. The highest BCUT2D eigenvalue weighted by Gasteiger charge is 2.13. The van der Waals surface area contributed by atoms with Crippen LogP contribution in [-0.2, 0) is 10.2 Å². The predicted molar refractivity (Wildman–Crippen MR) is 86.3 cm³/mol. The number of carbonyl (C=O) groups is 1. The number of ether oxygens (including phenoxy) is 1. The van der Waals surface area contributed by atoms with Crippen molar-refractivity contribution < 1.29 is 9.53 Å². The largest absolute Gasteiger partial charge is 0.423 e. The smallest absolute Gasteiger partial charge is 0.336 e. The Hall–Kier alpha value is -2.35. The third-order valence-corrected chi connectivity index (χ3v) is 3.15. The van der Waals surface area contributed by atoms with Gasteiger partial charge in [-0.3, -0.25) is 0 Å². The summed E-state index contributed by atoms with van der Waals surface area (Å²) in [6.07, 6.45) is 3.18. The van der Waals surface area contributed by atoms with Gasteiger partial charge in [0.25, 0.3) is 0 Å². The van der Waals surface area contributed by atoms with Crippen LogP contribution in [0.2, 0.25) is 0 Å². The van der Waals surface area contributed by atoms with Crippen LogP contribution in [0.4, 0.5) is 0 Å². The average molecular weight is 280 g/mol. The molecule has 2 nitrogen and oxygen atoms in total. The van der Waals surface area contributed by atoms with Crippen LogP contribution in [-0.4, -0.2) is 5.97 Å². The molecule has 0 aliphatic heterocycles. The molecule has 21 heavy (non-hydrogen) atoms. The SMILES string of the molecule is CC(C)(C)c1ccc(OC(=O)/C=C/c2ccccc2)cc1. The summed E-state index contributed by atoms with van der Waals surface area (Å²) >= 11 is 0. The van der Waals surface area contributed by atoms with E-state index in [2.05, 4.69) is 20.8 Å². The predicted octanol–water partition coefficient (Wildman–Crippen LogP) is 4.60. The van der Waals surface area contributed by atoms with Gasteiger partial charge in [0.15, 0.2) is 0 Å². The van der Waals surface area contributed by atoms with Crippen LogP contribution in [0.1, 0.15) is 31.9 Å². The minimum atomic E-state index is -0.373. The topological polar surface area (TPSA) is 26.3 Å². The maximum atomic E-state index is 11.8. The zero-order valence-corrected chi connectivity index (χ0v) is 12.7. The van der Waals surface area contributed by atoms with Gasteiger partial charge in [-0.05, 0) is 34.8 Å². The van der Waals surface area contributed by atoms with Gasteiger partial charge < -0.3 is 4.74 Å². The number of esters is 1. The normalized spacial score (nSPS) is 11.6. The second-order valence-corrected chi connectivity index (χ2v) is 5.94. The highest BCUT2D eigenvalue weighted by Crippen LogP contribution is 2.24. The first-order valence-corrected chi connectivity index (χ1v) is 7.01. The van der Waals surface area contributed by atoms with Gasteiger partial charge >= 0.3 is 5.97 Å². The average Bonchev–Trinajstić information content (AvgIpc) is 2.46. The first kappa shape index (κ1) is 15.0. The minimum Gasteiger partial charge on any atom is -0.423 e. The zero-order chi connectivity index (χ0) is 15.3. The Kier molecular flexibility index (Phi) is 4.59. The monoisotopic (exact) mass is 280 g/mol. The van der Waals surface area contributed by atoms with Gasteiger partial charge in [0.05, 0.1) is 0 Å². The molecule has 108 valence electrons. The second-order valence-electron chi connectivity index (χ2n) is 5.94. The molecule has 0 N–H and O–H groups in total. The van der Waals surface area contributed by atoms with Crippen molar-refractivity contribution >= 4 is 12.0 Å². The lowest BCUT2D eigenvalue weighted by molar-refractivity contribution is -0.128. The lowest BCUT2D eigenvalue weighted by Crippen LogP contribution is -2.11. The standard InChI is InChI=1S/C19H20O2/c1-19(2,3)16-10-12-17(13-11-16)21-18(20)14-9-15-7-5-4-6-8-15/h4-14H,1-3H3/b14-9+. The van der Waals surface area contributed by atoms with Crippen LogP contribution in [0.3, 0.4) is 0 Å². The van der Waals surface area contributed by atoms with Gasteiger partial charge in [0.1, 0.15) is 5.75 Å². The third kappa shape index (κ3) is 4.60. The molecule has 0 radical (unpaired) electrons. The van der Waals surface area contributed by atoms with E-state index in [9.17, 15) is 4.79 Å². The van der Waals surface area contributed by atoms with E-state index < -0.39 is 0 Å². The quantitative estimate of drug-likeness (QED) is 0.466. The van der Waals surface area contributed by atoms with E-state index in [0.29, 0.717) is 5.75 Å². The fourth-order valence-corrected chi connectivity index (χ4v) is 1.90. The van der Waals surface area contributed by atoms with Crippen molar-refractivity contribution in [1.29, 1.82) is 0 Å². The summed E-state index contributed by atoms with van der Waals surface area (Å²) in [6.45, 7) is 6.45. The second kappa shape index (κ2) is 6.40. The van der Waals surface area contributed by atoms with Crippen molar-refractivity contribution in [2.24, 2.45) is 0 Å². The summed E-state index contributed by atoms with van der Waals surface area (Å²) < 4.78 is 5.28. The molecule has 0 unspecified atom stereocenters. The van der Waals surface area contributed by atoms with E-state index in [0.717, 1.165) is 5.56 Å². The number of rotatable bonds is 3. The Bertz CT molecular complexity index is 617. The molecule has 0 saturated heterocycles. The molecular weight excluding hydrogens is 260 g/mol. The summed E-state index contributed by atoms with van der Waals surface area (Å²) in [5.41, 5.74) is 2.27. The van der Waals surface area contributed by atoms with E-state index >= 15 is 0 Å². The van der Waals surface area contributed by atoms with Crippen molar-refractivity contribution in [3.63, 3.8) is 0 Å². The van der Waals surface area contributed by atoms with Crippen LogP contribution >= 0.6 is 0 Å². The first-order valence-electron chi connectivity index (χ1n) is 7.01. The Balaban J connectivity index is 1.98. The molecule has 0 aromatic heterocycles. The van der Waals surface area contributed by atoms with Crippen LogP contribution in [0.5, 0.6) is 5.75 Å². The van der Waals surface area contributed by atoms with Crippen LogP contribution < -0.4 is 4.74 Å². The molecule has 2 aromatic carbocycles. The van der Waals surface area contributed by atoms with Gasteiger partial charge in [-0.25, -0.2) is 4.79 Å². The minimum absolute atomic E-state index is 0.0930. The first-order chi connectivity index (χ1) is 9.95. The Morgan fingerprint density at radius 2 is 1.57 bits per heavy atom. The van der Waals surface area contributed by atoms with Crippen molar-refractivity contribution in [1.82, 2.24) is 0 Å². The van der Waals surface area contributed by atoms with Gasteiger partial charge in [0, 0.05) is 6.08 Å². The molecule has 0 fully saturated rings. The molecule has 2 aromatic rings. The van der Waals surface area contributed by atoms with Gasteiger partial charge in [0.2, 0.25) is 0 Å². The summed E-state index contributed by atoms with van der Waals surface area (Å²) in [6, 6.07) is 17.3. The zero-order valence-electron chi connectivity index (χ0n) is 12.7. The lowest BCUT2D eigenvalue weighted by Gasteiger charge is -2.18. The Morgan fingerprint density at radius 1 is 0.952 bits per heavy atom. The molecule has 0 spiro atoms. The van der Waals surface area contributed by atoms with Crippen LogP contribution in [0.25, 0.3) is 6.08 Å². The lowest BCUT2D eigenvalue weighted by atomic mass is 9.87. The number of carbonyl (C=O) groups excluding carboxylic acids is 1. The molecular formula is C19H20O2. The van der Waals surface area contributed by atoms with E-state index in [4.69, 9.17) is 4.74 Å². The highest BCUT2D eigenvalue weighted by molar-refractivity contribution is 5.88. The molecule has 0 saturated carbocycles. The van der Waals surface area contributed by atoms with E-state index in [1.165, 1.54) is 11.6 Å².